The van der Waals surface area contributed by atoms with Crippen molar-refractivity contribution >= 4 is 17.2 Å². The first-order valence-corrected chi connectivity index (χ1v) is 10.9. The fourth-order valence-corrected chi connectivity index (χ4v) is 3.81. The number of rotatable bonds is 9. The number of halogens is 3. The minimum atomic E-state index is -4.41. The average Bonchev–Trinajstić information content (AvgIpc) is 3.43. The number of alkyl halides is 3. The van der Waals surface area contributed by atoms with Gasteiger partial charge >= 0.3 is 6.18 Å². The predicted octanol–water partition coefficient (Wildman–Crippen LogP) is 4.48. The number of nitrogens with zero attached hydrogens (tertiary/aromatic N) is 4. The van der Waals surface area contributed by atoms with Crippen LogP contribution in [0.5, 0.6) is 0 Å². The second-order valence-electron chi connectivity index (χ2n) is 6.90. The van der Waals surface area contributed by atoms with Crippen molar-refractivity contribution in [3.05, 3.63) is 53.2 Å². The van der Waals surface area contributed by atoms with Crippen molar-refractivity contribution < 1.29 is 18.0 Å². The molecule has 0 unspecified atom stereocenters. The van der Waals surface area contributed by atoms with E-state index >= 15 is 0 Å². The molecule has 2 aromatic heterocycles. The van der Waals surface area contributed by atoms with Crippen LogP contribution in [0.4, 0.5) is 13.2 Å². The fourth-order valence-electron chi connectivity index (χ4n) is 3.05. The Bertz CT molecular complexity index is 1010. The molecule has 6 nitrogen and oxygen atoms in total. The first kappa shape index (κ1) is 23.0. The molecule has 1 aromatic carbocycles. The van der Waals surface area contributed by atoms with E-state index in [9.17, 15) is 18.0 Å². The summed E-state index contributed by atoms with van der Waals surface area (Å²) in [4.78, 5) is 19.0. The largest absolute Gasteiger partial charge is 0.416 e. The third kappa shape index (κ3) is 5.92. The standard InChI is InChI=1S/C21H24F3N5OS/c1-3-28(4-2)10-6-9-25-19(30)16-12-26-29(13-16)20-27-18(14-31-20)15-7-5-8-17(11-15)21(22,23)24/h5,7-8,11-14H,3-4,6,9-10H2,1-2H3,(H,25,30). The van der Waals surface area contributed by atoms with Crippen LogP contribution in [0.1, 0.15) is 36.2 Å². The number of amides is 1. The molecule has 0 aliphatic carbocycles. The zero-order chi connectivity index (χ0) is 22.4. The second-order valence-corrected chi connectivity index (χ2v) is 7.74. The van der Waals surface area contributed by atoms with Gasteiger partial charge in [-0.05, 0) is 38.2 Å². The molecule has 2 heterocycles. The third-order valence-electron chi connectivity index (χ3n) is 4.85. The SMILES string of the molecule is CCN(CC)CCCNC(=O)c1cnn(-c2nc(-c3cccc(C(F)(F)F)c3)cs2)c1. The minimum absolute atomic E-state index is 0.222. The Morgan fingerprint density at radius 2 is 2.03 bits per heavy atom. The highest BCUT2D eigenvalue weighted by Gasteiger charge is 2.30. The van der Waals surface area contributed by atoms with E-state index in [1.165, 1.54) is 28.3 Å². The lowest BCUT2D eigenvalue weighted by molar-refractivity contribution is -0.137. The molecule has 31 heavy (non-hydrogen) atoms. The molecule has 10 heteroatoms. The number of benzene rings is 1. The monoisotopic (exact) mass is 451 g/mol. The molecule has 0 aliphatic heterocycles. The van der Waals surface area contributed by atoms with Gasteiger partial charge < -0.3 is 10.2 Å². The molecular formula is C21H24F3N5OS. The van der Waals surface area contributed by atoms with Crippen LogP contribution in [0.3, 0.4) is 0 Å². The van der Waals surface area contributed by atoms with Crippen molar-refractivity contribution in [1.82, 2.24) is 25.0 Å². The topological polar surface area (TPSA) is 63.1 Å². The van der Waals surface area contributed by atoms with Gasteiger partial charge in [-0.1, -0.05) is 26.0 Å². The molecule has 3 rings (SSSR count). The van der Waals surface area contributed by atoms with Gasteiger partial charge in [-0.3, -0.25) is 4.79 Å². The van der Waals surface area contributed by atoms with Crippen molar-refractivity contribution in [2.24, 2.45) is 0 Å². The van der Waals surface area contributed by atoms with E-state index in [0.29, 0.717) is 28.5 Å². The summed E-state index contributed by atoms with van der Waals surface area (Å²) < 4.78 is 40.3. The zero-order valence-corrected chi connectivity index (χ0v) is 18.1. The van der Waals surface area contributed by atoms with Gasteiger partial charge in [-0.2, -0.15) is 18.3 Å². The summed E-state index contributed by atoms with van der Waals surface area (Å²) in [5, 5.41) is 9.18. The Balaban J connectivity index is 1.63. The number of hydrogen-bond acceptors (Lipinski definition) is 5. The van der Waals surface area contributed by atoms with Crippen LogP contribution in [0.2, 0.25) is 0 Å². The van der Waals surface area contributed by atoms with E-state index in [1.54, 1.807) is 17.6 Å². The maximum atomic E-state index is 12.9. The van der Waals surface area contributed by atoms with Gasteiger partial charge in [0.2, 0.25) is 5.13 Å². The van der Waals surface area contributed by atoms with Crippen LogP contribution in [0.25, 0.3) is 16.4 Å². The normalized spacial score (nSPS) is 11.8. The van der Waals surface area contributed by atoms with Gasteiger partial charge in [0.15, 0.2) is 0 Å². The number of thiazole rings is 1. The molecule has 0 bridgehead atoms. The molecular weight excluding hydrogens is 427 g/mol. The molecule has 166 valence electrons. The quantitative estimate of drug-likeness (QED) is 0.488. The van der Waals surface area contributed by atoms with Gasteiger partial charge in [0.1, 0.15) is 0 Å². The average molecular weight is 452 g/mol. The van der Waals surface area contributed by atoms with E-state index in [0.717, 1.165) is 38.2 Å². The highest BCUT2D eigenvalue weighted by molar-refractivity contribution is 7.12. The Labute approximate surface area is 182 Å². The maximum Gasteiger partial charge on any atom is 0.416 e. The maximum absolute atomic E-state index is 12.9. The van der Waals surface area contributed by atoms with Crippen molar-refractivity contribution in [3.63, 3.8) is 0 Å². The summed E-state index contributed by atoms with van der Waals surface area (Å²) in [5.74, 6) is -0.222. The highest BCUT2D eigenvalue weighted by Crippen LogP contribution is 2.32. The molecule has 0 spiro atoms. The van der Waals surface area contributed by atoms with Crippen molar-refractivity contribution in [2.75, 3.05) is 26.2 Å². The Morgan fingerprint density at radius 1 is 1.26 bits per heavy atom. The molecule has 0 radical (unpaired) electrons. The van der Waals surface area contributed by atoms with Crippen LogP contribution in [0.15, 0.2) is 42.0 Å². The molecule has 1 N–H and O–H groups in total. The van der Waals surface area contributed by atoms with E-state index in [1.807, 2.05) is 0 Å². The molecule has 0 atom stereocenters. The highest BCUT2D eigenvalue weighted by atomic mass is 32.1. The van der Waals surface area contributed by atoms with E-state index in [-0.39, 0.29) is 5.91 Å². The molecule has 0 fully saturated rings. The zero-order valence-electron chi connectivity index (χ0n) is 17.3. The van der Waals surface area contributed by atoms with Crippen LogP contribution in [-0.4, -0.2) is 51.8 Å². The van der Waals surface area contributed by atoms with Crippen molar-refractivity contribution in [3.8, 4) is 16.4 Å². The van der Waals surface area contributed by atoms with Gasteiger partial charge in [-0.15, -0.1) is 11.3 Å². The summed E-state index contributed by atoms with van der Waals surface area (Å²) in [7, 11) is 0. The summed E-state index contributed by atoms with van der Waals surface area (Å²) in [5.41, 5.74) is 0.469. The molecule has 0 saturated heterocycles. The minimum Gasteiger partial charge on any atom is -0.352 e. The van der Waals surface area contributed by atoms with E-state index < -0.39 is 11.7 Å². The first-order valence-electron chi connectivity index (χ1n) is 10.0. The van der Waals surface area contributed by atoms with Crippen LogP contribution < -0.4 is 5.32 Å². The van der Waals surface area contributed by atoms with Crippen LogP contribution in [-0.2, 0) is 6.18 Å². The van der Waals surface area contributed by atoms with Crippen LogP contribution >= 0.6 is 11.3 Å². The summed E-state index contributed by atoms with van der Waals surface area (Å²) in [6.45, 7) is 7.66. The second kappa shape index (κ2) is 10.1. The lowest BCUT2D eigenvalue weighted by Crippen LogP contribution is -2.29. The number of carbonyl (C=O) groups excluding carboxylic acids is 1. The third-order valence-corrected chi connectivity index (χ3v) is 5.68. The van der Waals surface area contributed by atoms with Gasteiger partial charge in [0, 0.05) is 23.7 Å². The smallest absolute Gasteiger partial charge is 0.352 e. The lowest BCUT2D eigenvalue weighted by atomic mass is 10.1. The van der Waals surface area contributed by atoms with Gasteiger partial charge in [-0.25, -0.2) is 9.67 Å². The van der Waals surface area contributed by atoms with Crippen molar-refractivity contribution in [2.45, 2.75) is 26.4 Å². The lowest BCUT2D eigenvalue weighted by Gasteiger charge is -2.17. The summed E-state index contributed by atoms with van der Waals surface area (Å²) in [6.07, 6.45) is -0.543. The Kier molecular flexibility index (Phi) is 7.45. The Hall–Kier alpha value is -2.72. The summed E-state index contributed by atoms with van der Waals surface area (Å²) in [6, 6.07) is 5.03. The molecule has 0 aliphatic rings. The molecule has 1 amide bonds. The Morgan fingerprint density at radius 3 is 2.74 bits per heavy atom. The van der Waals surface area contributed by atoms with Gasteiger partial charge in [0.25, 0.3) is 5.91 Å². The predicted molar refractivity (Wildman–Crippen MR) is 114 cm³/mol. The summed E-state index contributed by atoms with van der Waals surface area (Å²) >= 11 is 1.24. The number of aromatic nitrogens is 3. The van der Waals surface area contributed by atoms with Crippen LogP contribution in [0, 0.1) is 0 Å². The van der Waals surface area contributed by atoms with Crippen molar-refractivity contribution in [1.29, 1.82) is 0 Å². The van der Waals surface area contributed by atoms with E-state index in [4.69, 9.17) is 0 Å². The molecule has 0 saturated carbocycles. The number of hydrogen-bond donors (Lipinski definition) is 1. The van der Waals surface area contributed by atoms with E-state index in [2.05, 4.69) is 34.1 Å². The number of carbonyl (C=O) groups is 1. The first-order chi connectivity index (χ1) is 14.8. The number of nitrogens with one attached hydrogen (secondary N) is 1. The molecule has 3 aromatic rings. The fraction of sp³-hybridized carbons (Fsp3) is 0.381. The van der Waals surface area contributed by atoms with Gasteiger partial charge in [0.05, 0.1) is 23.0 Å².